The molecule has 0 atom stereocenters. The molecule has 0 bridgehead atoms. The Morgan fingerprint density at radius 3 is 2.52 bits per heavy atom. The molecule has 1 N–H and O–H groups in total. The van der Waals surface area contributed by atoms with Gasteiger partial charge in [-0.25, -0.2) is 4.79 Å². The van der Waals surface area contributed by atoms with Crippen LogP contribution < -0.4 is 4.74 Å². The van der Waals surface area contributed by atoms with Gasteiger partial charge >= 0.3 is 5.97 Å². The molecule has 6 nitrogen and oxygen atoms in total. The van der Waals surface area contributed by atoms with Gasteiger partial charge in [0.1, 0.15) is 24.7 Å². The van der Waals surface area contributed by atoms with Crippen LogP contribution in [-0.2, 0) is 4.74 Å². The van der Waals surface area contributed by atoms with Gasteiger partial charge in [-0.1, -0.05) is 18.7 Å². The summed E-state index contributed by atoms with van der Waals surface area (Å²) in [5.74, 6) is -0.354. The van der Waals surface area contributed by atoms with E-state index in [0.29, 0.717) is 30.3 Å². The summed E-state index contributed by atoms with van der Waals surface area (Å²) in [5.41, 5.74) is 1.01. The molecule has 0 amide bonds. The fourth-order valence-electron chi connectivity index (χ4n) is 1.75. The van der Waals surface area contributed by atoms with E-state index in [0.717, 1.165) is 0 Å². The average Bonchev–Trinajstić information content (AvgIpc) is 2.58. The first-order valence-corrected chi connectivity index (χ1v) is 6.90. The number of rotatable bonds is 8. The summed E-state index contributed by atoms with van der Waals surface area (Å²) in [6, 6.07) is 13.4. The molecule has 23 heavy (non-hydrogen) atoms. The molecule has 0 aliphatic carbocycles. The van der Waals surface area contributed by atoms with Crippen LogP contribution in [0.5, 0.6) is 5.75 Å². The lowest BCUT2D eigenvalue weighted by Crippen LogP contribution is -2.03. The predicted molar refractivity (Wildman–Crippen MR) is 85.7 cm³/mol. The molecule has 0 saturated heterocycles. The third kappa shape index (κ3) is 4.96. The maximum absolute atomic E-state index is 11.1. The van der Waals surface area contributed by atoms with Gasteiger partial charge in [0.05, 0.1) is 17.5 Å². The SMILES string of the molecule is C=COCCOc1ccc(N=Nc2ccccc2C(=O)O)cc1. The number of hydrogen-bond acceptors (Lipinski definition) is 5. The van der Waals surface area contributed by atoms with E-state index in [9.17, 15) is 4.79 Å². The first-order valence-electron chi connectivity index (χ1n) is 6.90. The maximum atomic E-state index is 11.1. The van der Waals surface area contributed by atoms with Crippen molar-refractivity contribution in [2.24, 2.45) is 10.2 Å². The Labute approximate surface area is 133 Å². The number of ether oxygens (including phenoxy) is 2. The standard InChI is InChI=1S/C17H16N2O4/c1-2-22-11-12-23-14-9-7-13(8-10-14)18-19-16-6-4-3-5-15(16)17(20)21/h2-10H,1,11-12H2,(H,20,21). The largest absolute Gasteiger partial charge is 0.498 e. The van der Waals surface area contributed by atoms with E-state index in [1.807, 2.05) is 0 Å². The third-order valence-corrected chi connectivity index (χ3v) is 2.83. The fraction of sp³-hybridized carbons (Fsp3) is 0.118. The van der Waals surface area contributed by atoms with Crippen LogP contribution in [0.2, 0.25) is 0 Å². The highest BCUT2D eigenvalue weighted by molar-refractivity contribution is 5.93. The van der Waals surface area contributed by atoms with Crippen molar-refractivity contribution in [3.8, 4) is 5.75 Å². The molecule has 0 aliphatic rings. The summed E-state index contributed by atoms with van der Waals surface area (Å²) in [4.78, 5) is 11.1. The van der Waals surface area contributed by atoms with Crippen LogP contribution >= 0.6 is 0 Å². The summed E-state index contributed by atoms with van der Waals surface area (Å²) < 4.78 is 10.4. The van der Waals surface area contributed by atoms with E-state index in [4.69, 9.17) is 14.6 Å². The highest BCUT2D eigenvalue weighted by Gasteiger charge is 2.07. The lowest BCUT2D eigenvalue weighted by Gasteiger charge is -2.05. The van der Waals surface area contributed by atoms with E-state index in [2.05, 4.69) is 16.8 Å². The molecule has 0 spiro atoms. The molecule has 0 saturated carbocycles. The zero-order valence-corrected chi connectivity index (χ0v) is 12.4. The monoisotopic (exact) mass is 312 g/mol. The van der Waals surface area contributed by atoms with Crippen molar-refractivity contribution >= 4 is 17.3 Å². The molecule has 6 heteroatoms. The Morgan fingerprint density at radius 2 is 1.83 bits per heavy atom. The summed E-state index contributed by atoms with van der Waals surface area (Å²) in [7, 11) is 0. The number of carbonyl (C=O) groups is 1. The van der Waals surface area contributed by atoms with Gasteiger partial charge in [0.2, 0.25) is 0 Å². The molecule has 0 heterocycles. The van der Waals surface area contributed by atoms with Crippen molar-refractivity contribution in [3.05, 3.63) is 66.9 Å². The second-order valence-corrected chi connectivity index (χ2v) is 4.40. The molecule has 0 fully saturated rings. The van der Waals surface area contributed by atoms with E-state index in [1.54, 1.807) is 42.5 Å². The molecule has 0 aliphatic heterocycles. The zero-order chi connectivity index (χ0) is 16.5. The predicted octanol–water partition coefficient (Wildman–Crippen LogP) is 4.34. The second kappa shape index (κ2) is 8.33. The molecule has 2 aromatic rings. The minimum Gasteiger partial charge on any atom is -0.498 e. The maximum Gasteiger partial charge on any atom is 0.337 e. The first-order chi connectivity index (χ1) is 11.2. The fourth-order valence-corrected chi connectivity index (χ4v) is 1.75. The Kier molecular flexibility index (Phi) is 5.88. The lowest BCUT2D eigenvalue weighted by atomic mass is 10.2. The Bertz CT molecular complexity index is 696. The highest BCUT2D eigenvalue weighted by atomic mass is 16.5. The van der Waals surface area contributed by atoms with Crippen molar-refractivity contribution in [2.75, 3.05) is 13.2 Å². The van der Waals surface area contributed by atoms with E-state index in [1.165, 1.54) is 12.3 Å². The van der Waals surface area contributed by atoms with E-state index < -0.39 is 5.97 Å². The van der Waals surface area contributed by atoms with Gasteiger partial charge < -0.3 is 14.6 Å². The van der Waals surface area contributed by atoms with Gasteiger partial charge in [0.15, 0.2) is 0 Å². The number of benzene rings is 2. The Hall–Kier alpha value is -3.15. The first kappa shape index (κ1) is 16.2. The summed E-state index contributed by atoms with van der Waals surface area (Å²) in [6.45, 7) is 4.29. The van der Waals surface area contributed by atoms with Crippen molar-refractivity contribution < 1.29 is 19.4 Å². The van der Waals surface area contributed by atoms with Gasteiger partial charge in [-0.05, 0) is 36.4 Å². The van der Waals surface area contributed by atoms with Crippen LogP contribution in [0.3, 0.4) is 0 Å². The number of nitrogens with zero attached hydrogens (tertiary/aromatic N) is 2. The zero-order valence-electron chi connectivity index (χ0n) is 12.4. The Balaban J connectivity index is 2.01. The smallest absolute Gasteiger partial charge is 0.337 e. The minimum absolute atomic E-state index is 0.110. The van der Waals surface area contributed by atoms with E-state index >= 15 is 0 Å². The number of hydrogen-bond donors (Lipinski definition) is 1. The molecule has 0 unspecified atom stereocenters. The molecule has 2 rings (SSSR count). The number of carboxylic acid groups (broad SMARTS) is 1. The topological polar surface area (TPSA) is 80.5 Å². The summed E-state index contributed by atoms with van der Waals surface area (Å²) in [5, 5.41) is 17.1. The summed E-state index contributed by atoms with van der Waals surface area (Å²) in [6.07, 6.45) is 1.36. The van der Waals surface area contributed by atoms with Gasteiger partial charge in [-0.3, -0.25) is 0 Å². The average molecular weight is 312 g/mol. The molecule has 0 aromatic heterocycles. The van der Waals surface area contributed by atoms with Crippen LogP contribution in [0.4, 0.5) is 11.4 Å². The molecular formula is C17H16N2O4. The lowest BCUT2D eigenvalue weighted by molar-refractivity contribution is 0.0697. The van der Waals surface area contributed by atoms with Gasteiger partial charge in [0.25, 0.3) is 0 Å². The number of aromatic carboxylic acids is 1. The van der Waals surface area contributed by atoms with Crippen molar-refractivity contribution in [1.29, 1.82) is 0 Å². The number of carboxylic acids is 1. The van der Waals surface area contributed by atoms with Gasteiger partial charge in [-0.15, -0.1) is 5.11 Å². The minimum atomic E-state index is -1.04. The normalized spacial score (nSPS) is 10.4. The van der Waals surface area contributed by atoms with Crippen LogP contribution in [0.25, 0.3) is 0 Å². The summed E-state index contributed by atoms with van der Waals surface area (Å²) >= 11 is 0. The second-order valence-electron chi connectivity index (χ2n) is 4.40. The van der Waals surface area contributed by atoms with Crippen LogP contribution in [-0.4, -0.2) is 24.3 Å². The molecule has 118 valence electrons. The highest BCUT2D eigenvalue weighted by Crippen LogP contribution is 2.23. The van der Waals surface area contributed by atoms with Crippen LogP contribution in [0, 0.1) is 0 Å². The van der Waals surface area contributed by atoms with Crippen molar-refractivity contribution in [3.63, 3.8) is 0 Å². The molecule has 2 aromatic carbocycles. The van der Waals surface area contributed by atoms with E-state index in [-0.39, 0.29) is 5.56 Å². The number of azo groups is 1. The molecular weight excluding hydrogens is 296 g/mol. The third-order valence-electron chi connectivity index (χ3n) is 2.83. The van der Waals surface area contributed by atoms with Crippen molar-refractivity contribution in [1.82, 2.24) is 0 Å². The van der Waals surface area contributed by atoms with Gasteiger partial charge in [-0.2, -0.15) is 5.11 Å². The van der Waals surface area contributed by atoms with Crippen LogP contribution in [0.15, 0.2) is 71.6 Å². The quantitative estimate of drug-likeness (QED) is 0.446. The van der Waals surface area contributed by atoms with Crippen LogP contribution in [0.1, 0.15) is 10.4 Å². The van der Waals surface area contributed by atoms with Crippen molar-refractivity contribution in [2.45, 2.75) is 0 Å². The van der Waals surface area contributed by atoms with Gasteiger partial charge in [0, 0.05) is 0 Å². The molecule has 0 radical (unpaired) electrons. The Morgan fingerprint density at radius 1 is 1.09 bits per heavy atom.